The summed E-state index contributed by atoms with van der Waals surface area (Å²) in [5.41, 5.74) is 4.80. The number of rotatable bonds is 8. The fraction of sp³-hybridized carbons (Fsp3) is 0.130. The maximum Gasteiger partial charge on any atom is 0.272 e. The summed E-state index contributed by atoms with van der Waals surface area (Å²) in [6.07, 6.45) is 1.56. The van der Waals surface area contributed by atoms with Gasteiger partial charge < -0.3 is 9.47 Å². The SMILES string of the molecule is CCOc1cc(/C=N\NC(=O)c2ccccc2Br)ccc1OCc1ccc(Cl)cc1. The molecule has 0 fully saturated rings. The Morgan fingerprint density at radius 1 is 1.07 bits per heavy atom. The highest BCUT2D eigenvalue weighted by atomic mass is 79.9. The molecular formula is C23H20BrClN2O3. The summed E-state index contributed by atoms with van der Waals surface area (Å²) < 4.78 is 12.3. The van der Waals surface area contributed by atoms with Gasteiger partial charge in [0, 0.05) is 9.50 Å². The van der Waals surface area contributed by atoms with E-state index < -0.39 is 0 Å². The number of carbonyl (C=O) groups is 1. The van der Waals surface area contributed by atoms with Crippen molar-refractivity contribution in [2.45, 2.75) is 13.5 Å². The molecule has 0 atom stereocenters. The molecule has 0 saturated heterocycles. The zero-order valence-electron chi connectivity index (χ0n) is 16.3. The average molecular weight is 488 g/mol. The smallest absolute Gasteiger partial charge is 0.272 e. The standard InChI is InChI=1S/C23H20BrClN2O3/c1-2-29-22-13-17(14-26-27-23(28)19-5-3-4-6-20(19)24)9-12-21(22)30-15-16-7-10-18(25)11-8-16/h3-14H,2,15H2,1H3,(H,27,28)/b26-14-. The summed E-state index contributed by atoms with van der Waals surface area (Å²) in [7, 11) is 0. The normalized spacial score (nSPS) is 10.8. The molecule has 0 aromatic heterocycles. The minimum atomic E-state index is -0.299. The Morgan fingerprint density at radius 3 is 2.57 bits per heavy atom. The molecular weight excluding hydrogens is 468 g/mol. The third-order valence-electron chi connectivity index (χ3n) is 4.07. The molecule has 7 heteroatoms. The lowest BCUT2D eigenvalue weighted by molar-refractivity contribution is 0.0954. The van der Waals surface area contributed by atoms with Crippen LogP contribution in [0.1, 0.15) is 28.4 Å². The van der Waals surface area contributed by atoms with Crippen molar-refractivity contribution in [1.82, 2.24) is 5.43 Å². The summed E-state index contributed by atoms with van der Waals surface area (Å²) in [4.78, 5) is 12.2. The Morgan fingerprint density at radius 2 is 1.83 bits per heavy atom. The second kappa shape index (κ2) is 10.8. The van der Waals surface area contributed by atoms with Crippen LogP contribution >= 0.6 is 27.5 Å². The molecule has 154 valence electrons. The van der Waals surface area contributed by atoms with Crippen LogP contribution in [-0.4, -0.2) is 18.7 Å². The molecule has 30 heavy (non-hydrogen) atoms. The number of hydrogen-bond donors (Lipinski definition) is 1. The first-order valence-corrected chi connectivity index (χ1v) is 10.5. The third kappa shape index (κ3) is 6.08. The topological polar surface area (TPSA) is 59.9 Å². The van der Waals surface area contributed by atoms with Gasteiger partial charge in [0.05, 0.1) is 18.4 Å². The molecule has 0 unspecified atom stereocenters. The molecule has 5 nitrogen and oxygen atoms in total. The Labute approximate surface area is 188 Å². The largest absolute Gasteiger partial charge is 0.490 e. The van der Waals surface area contributed by atoms with Crippen molar-refractivity contribution >= 4 is 39.7 Å². The number of halogens is 2. The number of carbonyl (C=O) groups excluding carboxylic acids is 1. The van der Waals surface area contributed by atoms with Crippen molar-refractivity contribution < 1.29 is 14.3 Å². The quantitative estimate of drug-likeness (QED) is 0.320. The first-order valence-electron chi connectivity index (χ1n) is 9.29. The van der Waals surface area contributed by atoms with Gasteiger partial charge in [-0.15, -0.1) is 0 Å². The lowest BCUT2D eigenvalue weighted by Gasteiger charge is -2.12. The van der Waals surface area contributed by atoms with E-state index in [9.17, 15) is 4.79 Å². The van der Waals surface area contributed by atoms with E-state index in [0.29, 0.717) is 39.8 Å². The summed E-state index contributed by atoms with van der Waals surface area (Å²) in [5, 5.41) is 4.72. The van der Waals surface area contributed by atoms with Crippen molar-refractivity contribution in [2.24, 2.45) is 5.10 Å². The van der Waals surface area contributed by atoms with E-state index in [1.807, 2.05) is 55.5 Å². The molecule has 0 aliphatic heterocycles. The predicted molar refractivity (Wildman–Crippen MR) is 123 cm³/mol. The Kier molecular flexibility index (Phi) is 7.88. The van der Waals surface area contributed by atoms with Crippen LogP contribution in [0.3, 0.4) is 0 Å². The molecule has 0 bridgehead atoms. The van der Waals surface area contributed by atoms with Gasteiger partial charge in [-0.25, -0.2) is 5.43 Å². The van der Waals surface area contributed by atoms with Crippen LogP contribution in [0.25, 0.3) is 0 Å². The summed E-state index contributed by atoms with van der Waals surface area (Å²) in [6.45, 7) is 2.80. The number of nitrogens with one attached hydrogen (secondary N) is 1. The highest BCUT2D eigenvalue weighted by Crippen LogP contribution is 2.29. The van der Waals surface area contributed by atoms with Crippen LogP contribution in [0.15, 0.2) is 76.3 Å². The van der Waals surface area contributed by atoms with Crippen molar-refractivity contribution in [3.05, 3.63) is 92.9 Å². The number of benzene rings is 3. The maximum atomic E-state index is 12.2. The Balaban J connectivity index is 1.66. The number of ether oxygens (including phenoxy) is 2. The minimum absolute atomic E-state index is 0.299. The number of nitrogens with zero attached hydrogens (tertiary/aromatic N) is 1. The molecule has 1 amide bonds. The van der Waals surface area contributed by atoms with Crippen LogP contribution in [-0.2, 0) is 6.61 Å². The van der Waals surface area contributed by atoms with Crippen molar-refractivity contribution in [3.8, 4) is 11.5 Å². The van der Waals surface area contributed by atoms with Gasteiger partial charge in [-0.2, -0.15) is 5.10 Å². The van der Waals surface area contributed by atoms with Crippen LogP contribution in [0.4, 0.5) is 0 Å². The lowest BCUT2D eigenvalue weighted by atomic mass is 10.2. The molecule has 0 heterocycles. The van der Waals surface area contributed by atoms with Gasteiger partial charge in [0.2, 0.25) is 0 Å². The van der Waals surface area contributed by atoms with Gasteiger partial charge in [0.1, 0.15) is 6.61 Å². The molecule has 0 aliphatic carbocycles. The Hall–Kier alpha value is -2.83. The highest BCUT2D eigenvalue weighted by Gasteiger charge is 2.09. The van der Waals surface area contributed by atoms with Crippen molar-refractivity contribution in [2.75, 3.05) is 6.61 Å². The van der Waals surface area contributed by atoms with Gasteiger partial charge in [-0.05, 0) is 76.4 Å². The van der Waals surface area contributed by atoms with E-state index in [1.54, 1.807) is 24.4 Å². The summed E-state index contributed by atoms with van der Waals surface area (Å²) >= 11 is 9.27. The van der Waals surface area contributed by atoms with Crippen LogP contribution < -0.4 is 14.9 Å². The zero-order valence-corrected chi connectivity index (χ0v) is 18.6. The molecule has 3 aromatic carbocycles. The van der Waals surface area contributed by atoms with Gasteiger partial charge in [-0.3, -0.25) is 4.79 Å². The van der Waals surface area contributed by atoms with E-state index in [2.05, 4.69) is 26.5 Å². The van der Waals surface area contributed by atoms with E-state index in [0.717, 1.165) is 11.1 Å². The van der Waals surface area contributed by atoms with Crippen molar-refractivity contribution in [3.63, 3.8) is 0 Å². The fourth-order valence-corrected chi connectivity index (χ4v) is 3.20. The highest BCUT2D eigenvalue weighted by molar-refractivity contribution is 9.10. The molecule has 3 rings (SSSR count). The molecule has 0 spiro atoms. The minimum Gasteiger partial charge on any atom is -0.490 e. The summed E-state index contributed by atoms with van der Waals surface area (Å²) in [5.74, 6) is 0.931. The van der Waals surface area contributed by atoms with Crippen LogP contribution in [0, 0.1) is 0 Å². The third-order valence-corrected chi connectivity index (χ3v) is 5.02. The van der Waals surface area contributed by atoms with E-state index in [4.69, 9.17) is 21.1 Å². The van der Waals surface area contributed by atoms with Crippen LogP contribution in [0.5, 0.6) is 11.5 Å². The van der Waals surface area contributed by atoms with Gasteiger partial charge in [-0.1, -0.05) is 35.9 Å². The maximum absolute atomic E-state index is 12.2. The number of hydrogen-bond acceptors (Lipinski definition) is 4. The van der Waals surface area contributed by atoms with Crippen LogP contribution in [0.2, 0.25) is 5.02 Å². The molecule has 0 radical (unpaired) electrons. The average Bonchev–Trinajstić information content (AvgIpc) is 2.75. The van der Waals surface area contributed by atoms with Gasteiger partial charge in [0.25, 0.3) is 5.91 Å². The number of amides is 1. The summed E-state index contributed by atoms with van der Waals surface area (Å²) in [6, 6.07) is 20.1. The molecule has 0 saturated carbocycles. The lowest BCUT2D eigenvalue weighted by Crippen LogP contribution is -2.18. The van der Waals surface area contributed by atoms with Gasteiger partial charge in [0.15, 0.2) is 11.5 Å². The monoisotopic (exact) mass is 486 g/mol. The van der Waals surface area contributed by atoms with E-state index in [-0.39, 0.29) is 5.91 Å². The molecule has 3 aromatic rings. The van der Waals surface area contributed by atoms with E-state index >= 15 is 0 Å². The predicted octanol–water partition coefficient (Wildman–Crippen LogP) is 5.84. The first-order chi connectivity index (χ1) is 14.6. The first kappa shape index (κ1) is 21.9. The Bertz CT molecular complexity index is 1040. The fourth-order valence-electron chi connectivity index (χ4n) is 2.61. The zero-order chi connectivity index (χ0) is 21.3. The second-order valence-electron chi connectivity index (χ2n) is 6.23. The molecule has 0 aliphatic rings. The van der Waals surface area contributed by atoms with Crippen molar-refractivity contribution in [1.29, 1.82) is 0 Å². The van der Waals surface area contributed by atoms with E-state index in [1.165, 1.54) is 0 Å². The number of hydrazone groups is 1. The van der Waals surface area contributed by atoms with Gasteiger partial charge >= 0.3 is 0 Å². The molecule has 1 N–H and O–H groups in total. The second-order valence-corrected chi connectivity index (χ2v) is 7.52.